The zero-order valence-corrected chi connectivity index (χ0v) is 23.0. The van der Waals surface area contributed by atoms with Crippen molar-refractivity contribution in [2.24, 2.45) is 11.7 Å². The monoisotopic (exact) mass is 559 g/mol. The van der Waals surface area contributed by atoms with Crippen LogP contribution in [-0.2, 0) is 20.9 Å². The number of nitrogen functional groups attached to an aromatic ring is 1. The minimum Gasteiger partial charge on any atom is -0.494 e. The molecule has 1 aliphatic heterocycles. The molecule has 0 bridgehead atoms. The number of aliphatic hydroxyl groups is 1. The fourth-order valence-corrected chi connectivity index (χ4v) is 5.01. The summed E-state index contributed by atoms with van der Waals surface area (Å²) in [4.78, 5) is 48.0. The summed E-state index contributed by atoms with van der Waals surface area (Å²) in [6, 6.07) is 8.64. The van der Waals surface area contributed by atoms with Gasteiger partial charge in [0.1, 0.15) is 23.9 Å². The third kappa shape index (κ3) is 9.48. The van der Waals surface area contributed by atoms with Crippen LogP contribution in [0.1, 0.15) is 53.4 Å². The number of benzene rings is 1. The lowest BCUT2D eigenvalue weighted by Gasteiger charge is -2.26. The van der Waals surface area contributed by atoms with E-state index in [1.165, 1.54) is 11.3 Å². The van der Waals surface area contributed by atoms with Gasteiger partial charge in [-0.15, -0.1) is 11.3 Å². The Labute approximate surface area is 232 Å². The number of ether oxygens (including phenoxy) is 1. The van der Waals surface area contributed by atoms with Gasteiger partial charge in [0.15, 0.2) is 0 Å². The molecule has 6 N–H and O–H groups in total. The zero-order chi connectivity index (χ0) is 28.8. The molecule has 2 fully saturated rings. The highest BCUT2D eigenvalue weighted by Gasteiger charge is 2.55. The molecule has 3 atom stereocenters. The Balaban J connectivity index is 0.000000301. The average Bonchev–Trinajstić information content (AvgIpc) is 3.36. The number of nitrogens with zero attached hydrogens (tertiary/aromatic N) is 1. The topological polar surface area (TPSA) is 175 Å². The van der Waals surface area contributed by atoms with Crippen LogP contribution < -0.4 is 21.1 Å². The summed E-state index contributed by atoms with van der Waals surface area (Å²) in [7, 11) is 1.00. The lowest BCUT2D eigenvalue weighted by atomic mass is 10.1. The van der Waals surface area contributed by atoms with Crippen molar-refractivity contribution >= 4 is 41.7 Å². The first kappa shape index (κ1) is 31.4. The smallest absolute Gasteiger partial charge is 0.243 e. The summed E-state index contributed by atoms with van der Waals surface area (Å²) in [5.41, 5.74) is 6.72. The molecule has 39 heavy (non-hydrogen) atoms. The van der Waals surface area contributed by atoms with Crippen molar-refractivity contribution in [3.05, 3.63) is 51.7 Å². The van der Waals surface area contributed by atoms with Crippen molar-refractivity contribution in [3.63, 3.8) is 0 Å². The number of thiophene rings is 1. The van der Waals surface area contributed by atoms with Gasteiger partial charge in [0, 0.05) is 34.5 Å². The van der Waals surface area contributed by atoms with Crippen LogP contribution in [-0.4, -0.2) is 72.7 Å². The number of unbranched alkanes of at least 4 members (excludes halogenated alkanes) is 1. The Hall–Kier alpha value is -3.77. The van der Waals surface area contributed by atoms with Crippen molar-refractivity contribution in [2.45, 2.75) is 51.2 Å². The standard InChI is InChI=1S/C15H19N5O3S.C11H14O2.CH4O/c16-14(17)9-1-10(24-6-9)4-19-15(23)12-3-8-2-11(8)20(12)13(22)5-18-7-21;1-2-3-7-13-11-6-4-5-10(8-11)9-12;1-2/h1,6-8,11-12H,2-5H2,(H3,16,17)(H,18,21)(H,19,23);4-6,8-9H,2-3,7H2,1H3;2H,1H3. The predicted molar refractivity (Wildman–Crippen MR) is 149 cm³/mol. The number of piperidine rings is 1. The summed E-state index contributed by atoms with van der Waals surface area (Å²) < 4.78 is 5.43. The number of fused-ring (bicyclic) bond motifs is 1. The lowest BCUT2D eigenvalue weighted by molar-refractivity contribution is -0.139. The van der Waals surface area contributed by atoms with E-state index in [2.05, 4.69) is 17.6 Å². The number of rotatable bonds is 12. The maximum absolute atomic E-state index is 12.5. The van der Waals surface area contributed by atoms with E-state index in [-0.39, 0.29) is 30.2 Å². The Morgan fingerprint density at radius 1 is 1.26 bits per heavy atom. The first-order valence-corrected chi connectivity index (χ1v) is 13.6. The van der Waals surface area contributed by atoms with Gasteiger partial charge in [-0.1, -0.05) is 25.5 Å². The quantitative estimate of drug-likeness (QED) is 0.114. The summed E-state index contributed by atoms with van der Waals surface area (Å²) in [6.07, 6.45) is 5.08. The van der Waals surface area contributed by atoms with Gasteiger partial charge in [-0.3, -0.25) is 24.6 Å². The first-order valence-electron chi connectivity index (χ1n) is 12.7. The van der Waals surface area contributed by atoms with Crippen LogP contribution in [0.3, 0.4) is 0 Å². The van der Waals surface area contributed by atoms with E-state index in [0.29, 0.717) is 36.4 Å². The van der Waals surface area contributed by atoms with E-state index >= 15 is 0 Å². The number of amidine groups is 1. The van der Waals surface area contributed by atoms with Crippen LogP contribution in [0.2, 0.25) is 0 Å². The van der Waals surface area contributed by atoms with E-state index in [9.17, 15) is 19.2 Å². The van der Waals surface area contributed by atoms with Crippen molar-refractivity contribution in [1.82, 2.24) is 15.5 Å². The van der Waals surface area contributed by atoms with E-state index in [1.54, 1.807) is 28.5 Å². The predicted octanol–water partition coefficient (Wildman–Crippen LogP) is 1.67. The lowest BCUT2D eigenvalue weighted by Crippen LogP contribution is -2.50. The number of hydrogen-bond acceptors (Lipinski definition) is 8. The molecule has 1 saturated heterocycles. The number of nitrogens with one attached hydrogen (secondary N) is 3. The molecular formula is C27H37N5O6S. The molecule has 1 saturated carbocycles. The fourth-order valence-electron chi connectivity index (χ4n) is 4.19. The van der Waals surface area contributed by atoms with Crippen molar-refractivity contribution in [1.29, 1.82) is 5.41 Å². The molecule has 212 valence electrons. The molecule has 0 radical (unpaired) electrons. The molecule has 3 amide bonds. The van der Waals surface area contributed by atoms with Gasteiger partial charge in [0.2, 0.25) is 18.2 Å². The van der Waals surface area contributed by atoms with Crippen LogP contribution in [0, 0.1) is 11.3 Å². The molecular weight excluding hydrogens is 522 g/mol. The molecule has 2 heterocycles. The second kappa shape index (κ2) is 16.2. The van der Waals surface area contributed by atoms with Gasteiger partial charge < -0.3 is 31.1 Å². The molecule has 1 aliphatic carbocycles. The number of nitrogens with two attached hydrogens (primary N) is 1. The van der Waals surface area contributed by atoms with Crippen LogP contribution in [0.4, 0.5) is 0 Å². The SMILES string of the molecule is CCCCOc1cccc(C=O)c1.CO.N=C(N)c1csc(CNC(=O)C2CC3CC3N2C(=O)CNC=O)c1. The largest absolute Gasteiger partial charge is 0.494 e. The molecule has 2 aliphatic rings. The van der Waals surface area contributed by atoms with Gasteiger partial charge >= 0.3 is 0 Å². The van der Waals surface area contributed by atoms with Crippen LogP contribution in [0.25, 0.3) is 0 Å². The Bertz CT molecular complexity index is 1120. The summed E-state index contributed by atoms with van der Waals surface area (Å²) in [5, 5.41) is 21.4. The van der Waals surface area contributed by atoms with Gasteiger partial charge in [-0.05, 0) is 43.4 Å². The van der Waals surface area contributed by atoms with Gasteiger partial charge in [-0.2, -0.15) is 0 Å². The number of carbonyl (C=O) groups excluding carboxylic acids is 4. The first-order chi connectivity index (χ1) is 18.9. The molecule has 12 heteroatoms. The molecule has 1 aromatic carbocycles. The maximum atomic E-state index is 12.5. The average molecular weight is 560 g/mol. The number of amides is 3. The van der Waals surface area contributed by atoms with Gasteiger partial charge in [0.05, 0.1) is 19.7 Å². The highest BCUT2D eigenvalue weighted by Crippen LogP contribution is 2.47. The molecule has 11 nitrogen and oxygen atoms in total. The van der Waals surface area contributed by atoms with Crippen molar-refractivity contribution in [2.75, 3.05) is 20.3 Å². The second-order valence-electron chi connectivity index (χ2n) is 8.94. The van der Waals surface area contributed by atoms with Crippen LogP contribution >= 0.6 is 11.3 Å². The Morgan fingerprint density at radius 3 is 2.67 bits per heavy atom. The van der Waals surface area contributed by atoms with E-state index in [0.717, 1.165) is 49.9 Å². The van der Waals surface area contributed by atoms with Crippen LogP contribution in [0.15, 0.2) is 35.7 Å². The minimum atomic E-state index is -0.470. The minimum absolute atomic E-state index is 0.000781. The number of likely N-dealkylation sites (tertiary alicyclic amines) is 1. The third-order valence-electron chi connectivity index (χ3n) is 6.19. The maximum Gasteiger partial charge on any atom is 0.243 e. The second-order valence-corrected chi connectivity index (χ2v) is 9.94. The number of hydrogen-bond donors (Lipinski definition) is 5. The van der Waals surface area contributed by atoms with Crippen molar-refractivity contribution < 1.29 is 29.0 Å². The van der Waals surface area contributed by atoms with E-state index < -0.39 is 6.04 Å². The van der Waals surface area contributed by atoms with Crippen molar-refractivity contribution in [3.8, 4) is 5.75 Å². The summed E-state index contributed by atoms with van der Waals surface area (Å²) in [6.45, 7) is 3.10. The van der Waals surface area contributed by atoms with Gasteiger partial charge in [-0.25, -0.2) is 0 Å². The Morgan fingerprint density at radius 2 is 2.03 bits per heavy atom. The molecule has 3 unspecified atom stereocenters. The summed E-state index contributed by atoms with van der Waals surface area (Å²) in [5.74, 6) is 0.769. The number of carbonyl (C=O) groups is 4. The highest BCUT2D eigenvalue weighted by molar-refractivity contribution is 7.10. The van der Waals surface area contributed by atoms with Crippen LogP contribution in [0.5, 0.6) is 5.75 Å². The number of aldehydes is 1. The number of aliphatic hydroxyl groups excluding tert-OH is 1. The van der Waals surface area contributed by atoms with E-state index in [1.807, 2.05) is 12.1 Å². The zero-order valence-electron chi connectivity index (χ0n) is 22.2. The molecule has 1 aromatic heterocycles. The fraction of sp³-hybridized carbons (Fsp3) is 0.444. The molecule has 2 aromatic rings. The Kier molecular flexibility index (Phi) is 13.1. The van der Waals surface area contributed by atoms with E-state index in [4.69, 9.17) is 21.0 Å². The third-order valence-corrected chi connectivity index (χ3v) is 7.13. The normalized spacial score (nSPS) is 18.2. The highest BCUT2D eigenvalue weighted by atomic mass is 32.1. The summed E-state index contributed by atoms with van der Waals surface area (Å²) >= 11 is 1.42. The molecule has 4 rings (SSSR count). The van der Waals surface area contributed by atoms with Gasteiger partial charge in [0.25, 0.3) is 0 Å². The molecule has 0 spiro atoms.